The molecule has 0 unspecified atom stereocenters. The van der Waals surface area contributed by atoms with Crippen molar-refractivity contribution in [3.05, 3.63) is 58.6 Å². The second-order valence-electron chi connectivity index (χ2n) is 9.83. The van der Waals surface area contributed by atoms with Gasteiger partial charge in [0.1, 0.15) is 22.8 Å². The average Bonchev–Trinajstić information content (AvgIpc) is 3.51. The number of allylic oxidation sites excluding steroid dienone is 2. The first-order valence-electron chi connectivity index (χ1n) is 14.0. The van der Waals surface area contributed by atoms with E-state index in [9.17, 15) is 25.9 Å². The molecule has 0 saturated heterocycles. The van der Waals surface area contributed by atoms with Crippen LogP contribution in [-0.2, 0) is 36.3 Å². The van der Waals surface area contributed by atoms with Gasteiger partial charge >= 0.3 is 0 Å². The maximum atomic E-state index is 10.8. The zero-order chi connectivity index (χ0) is 32.5. The third-order valence-electron chi connectivity index (χ3n) is 6.64. The summed E-state index contributed by atoms with van der Waals surface area (Å²) in [6.07, 6.45) is 6.28. The quantitative estimate of drug-likeness (QED) is 0.108. The number of fused-ring (bicyclic) bond motifs is 2. The monoisotopic (exact) mass is 699 g/mol. The van der Waals surface area contributed by atoms with Crippen molar-refractivity contribution in [2.24, 2.45) is 0 Å². The summed E-state index contributed by atoms with van der Waals surface area (Å²) in [4.78, 5) is 3.16. The number of benzene rings is 2. The topological polar surface area (TPSA) is 158 Å². The van der Waals surface area contributed by atoms with Gasteiger partial charge in [-0.25, -0.2) is 16.8 Å². The smallest absolute Gasteiger partial charge is 0.262 e. The molecule has 0 amide bonds. The van der Waals surface area contributed by atoms with Crippen LogP contribution in [0.25, 0.3) is 16.3 Å². The van der Waals surface area contributed by atoms with Gasteiger partial charge in [-0.2, -0.15) is 4.57 Å². The predicted octanol–water partition coefficient (Wildman–Crippen LogP) is 3.58. The second-order valence-corrected chi connectivity index (χ2v) is 15.0. The van der Waals surface area contributed by atoms with Crippen molar-refractivity contribution in [2.75, 3.05) is 63.6 Å². The molecule has 246 valence electrons. The zero-order valence-electron chi connectivity index (χ0n) is 24.9. The number of thiazole rings is 1. The van der Waals surface area contributed by atoms with Crippen molar-refractivity contribution in [1.29, 1.82) is 0 Å². The molecule has 4 rings (SSSR count). The molecular weight excluding hydrogens is 665 g/mol. The summed E-state index contributed by atoms with van der Waals surface area (Å²) in [5.74, 6) is 0.531. The van der Waals surface area contributed by atoms with E-state index in [1.165, 1.54) is 0 Å². The van der Waals surface area contributed by atoms with E-state index >= 15 is 0 Å². The Morgan fingerprint density at radius 1 is 0.867 bits per heavy atom. The molecule has 0 bridgehead atoms. The Kier molecular flexibility index (Phi) is 12.7. The first-order chi connectivity index (χ1) is 21.5. The lowest BCUT2D eigenvalue weighted by molar-refractivity contribution is -0.670. The first-order valence-corrected chi connectivity index (χ1v) is 18.8. The minimum absolute atomic E-state index is 0.143. The highest BCUT2D eigenvalue weighted by molar-refractivity contribution is 8.03. The molecule has 0 radical (unpaired) electrons. The van der Waals surface area contributed by atoms with E-state index < -0.39 is 31.7 Å². The lowest BCUT2D eigenvalue weighted by Gasteiger charge is -2.20. The minimum atomic E-state index is -4.27. The van der Waals surface area contributed by atoms with Crippen molar-refractivity contribution < 1.29 is 49.5 Å². The Hall–Kier alpha value is -2.70. The Labute approximate surface area is 271 Å². The van der Waals surface area contributed by atoms with Crippen LogP contribution in [0.3, 0.4) is 0 Å². The van der Waals surface area contributed by atoms with E-state index in [1.54, 1.807) is 37.3 Å². The highest BCUT2D eigenvalue weighted by atomic mass is 32.2. The first kappa shape index (κ1) is 35.2. The summed E-state index contributed by atoms with van der Waals surface area (Å²) >= 11 is 3.21. The predicted molar refractivity (Wildman–Crippen MR) is 172 cm³/mol. The molecule has 45 heavy (non-hydrogen) atoms. The van der Waals surface area contributed by atoms with Gasteiger partial charge in [-0.1, -0.05) is 29.2 Å². The highest BCUT2D eigenvalue weighted by Gasteiger charge is 2.25. The number of anilines is 1. The molecule has 0 fully saturated rings. The van der Waals surface area contributed by atoms with Gasteiger partial charge < -0.3 is 33.0 Å². The van der Waals surface area contributed by atoms with Gasteiger partial charge in [0.25, 0.3) is 5.01 Å². The molecule has 1 aliphatic heterocycles. The van der Waals surface area contributed by atoms with E-state index in [1.807, 2.05) is 54.6 Å². The molecule has 1 aromatic heterocycles. The van der Waals surface area contributed by atoms with Crippen molar-refractivity contribution >= 4 is 65.3 Å². The van der Waals surface area contributed by atoms with Crippen LogP contribution >= 0.6 is 23.1 Å². The fourth-order valence-electron chi connectivity index (χ4n) is 4.53. The summed E-state index contributed by atoms with van der Waals surface area (Å²) in [5, 5.41) is 1.93. The van der Waals surface area contributed by atoms with Crippen LogP contribution in [0.15, 0.2) is 58.5 Å². The second kappa shape index (κ2) is 16.2. The van der Waals surface area contributed by atoms with Crippen LogP contribution in [0.1, 0.15) is 17.8 Å². The van der Waals surface area contributed by atoms with E-state index in [0.29, 0.717) is 26.3 Å². The highest BCUT2D eigenvalue weighted by Crippen LogP contribution is 2.47. The molecule has 2 heterocycles. The Balaban J connectivity index is 1.50. The largest absolute Gasteiger partial charge is 0.748 e. The number of thioether (sulfide) groups is 1. The lowest BCUT2D eigenvalue weighted by atomic mass is 10.2. The number of aromatic nitrogens is 1. The molecule has 3 aromatic rings. The van der Waals surface area contributed by atoms with Gasteiger partial charge in [0, 0.05) is 48.3 Å². The van der Waals surface area contributed by atoms with Crippen LogP contribution in [0.4, 0.5) is 5.69 Å². The number of methoxy groups -OCH3 is 2. The number of hydrogen-bond donors (Lipinski definition) is 0. The van der Waals surface area contributed by atoms with Gasteiger partial charge in [-0.3, -0.25) is 0 Å². The van der Waals surface area contributed by atoms with E-state index in [-0.39, 0.29) is 26.1 Å². The lowest BCUT2D eigenvalue weighted by Crippen LogP contribution is -2.37. The maximum Gasteiger partial charge on any atom is 0.262 e. The average molecular weight is 700 g/mol. The molecule has 0 N–H and O–H groups in total. The Bertz CT molecular complexity index is 1740. The zero-order valence-corrected chi connectivity index (χ0v) is 28.1. The van der Waals surface area contributed by atoms with Crippen LogP contribution in [0, 0.1) is 0 Å². The summed E-state index contributed by atoms with van der Waals surface area (Å²) in [5.41, 5.74) is 1.94. The Morgan fingerprint density at radius 3 is 2.18 bits per heavy atom. The molecule has 0 spiro atoms. The fourth-order valence-corrected chi connectivity index (χ4v) is 7.63. The molecule has 0 atom stereocenters. The molecule has 0 aliphatic carbocycles. The van der Waals surface area contributed by atoms with Gasteiger partial charge in [0.05, 0.1) is 57.8 Å². The number of nitrogens with zero attached hydrogens (tertiary/aromatic N) is 2. The standard InChI is InChI=1S/C29H36N2O10S4/c1-38-22-8-10-26-24(20-22)30(12-16-40-14-4-18-44(32,33)34)28(42-26)6-3-7-29-31(13-17-41-15-5-19-45(35,36)37)25-21-23(39-2)9-11-27(25)43-29/h3,6-11,20-21H,4-5,12-19H2,1-2H3,(H-,32,33,34,35,36,37)/p-1. The Morgan fingerprint density at radius 2 is 1.51 bits per heavy atom. The number of hydrogen-bond acceptors (Lipinski definition) is 13. The van der Waals surface area contributed by atoms with Crippen LogP contribution in [0.2, 0.25) is 0 Å². The van der Waals surface area contributed by atoms with Gasteiger partial charge in [-0.05, 0) is 43.2 Å². The van der Waals surface area contributed by atoms with E-state index in [2.05, 4.69) is 9.47 Å². The van der Waals surface area contributed by atoms with E-state index in [0.717, 1.165) is 42.3 Å². The molecule has 16 heteroatoms. The van der Waals surface area contributed by atoms with Gasteiger partial charge in [0.2, 0.25) is 5.52 Å². The van der Waals surface area contributed by atoms with Crippen molar-refractivity contribution in [3.8, 4) is 11.5 Å². The SMILES string of the molecule is COc1ccc2c(c1)N(CCOCCCS(=O)(=O)[O-])C(=CC=Cc1sc3ccc(OC)cc3[n+]1CCOCCCS(=O)(=O)[O-])S2. The number of ether oxygens (including phenoxy) is 4. The van der Waals surface area contributed by atoms with Crippen LogP contribution < -0.4 is 18.9 Å². The van der Waals surface area contributed by atoms with Crippen molar-refractivity contribution in [2.45, 2.75) is 24.3 Å². The molecule has 1 aliphatic rings. The summed E-state index contributed by atoms with van der Waals surface area (Å²) in [6, 6.07) is 11.7. The minimum Gasteiger partial charge on any atom is -0.748 e. The van der Waals surface area contributed by atoms with Gasteiger partial charge in [-0.15, -0.1) is 0 Å². The number of rotatable bonds is 18. The molecule has 2 aromatic carbocycles. The van der Waals surface area contributed by atoms with Crippen LogP contribution in [0.5, 0.6) is 11.5 Å². The summed E-state index contributed by atoms with van der Waals surface area (Å²) in [7, 11) is -5.31. The summed E-state index contributed by atoms with van der Waals surface area (Å²) < 4.78 is 90.4. The molecular formula is C29H35N2O10S4-. The fraction of sp³-hybridized carbons (Fsp3) is 0.414. The molecule has 0 saturated carbocycles. The molecule has 12 nitrogen and oxygen atoms in total. The third kappa shape index (κ3) is 10.7. The van der Waals surface area contributed by atoms with Gasteiger partial charge in [0.15, 0.2) is 6.54 Å². The van der Waals surface area contributed by atoms with E-state index in [4.69, 9.17) is 18.9 Å². The van der Waals surface area contributed by atoms with Crippen molar-refractivity contribution in [3.63, 3.8) is 0 Å². The van der Waals surface area contributed by atoms with Crippen molar-refractivity contribution in [1.82, 2.24) is 0 Å². The maximum absolute atomic E-state index is 10.8. The third-order valence-corrected chi connectivity index (χ3v) is 10.5. The normalized spacial score (nSPS) is 14.6. The summed E-state index contributed by atoms with van der Waals surface area (Å²) in [6.45, 7) is 2.01. The van der Waals surface area contributed by atoms with Crippen LogP contribution in [-0.4, -0.2) is 84.6 Å².